The minimum absolute atomic E-state index is 0.00206. The van der Waals surface area contributed by atoms with E-state index in [0.29, 0.717) is 5.75 Å². The number of aliphatic carboxylic acids is 1. The van der Waals surface area contributed by atoms with E-state index in [4.69, 9.17) is 15.9 Å². The fourth-order valence-electron chi connectivity index (χ4n) is 0.506. The van der Waals surface area contributed by atoms with Gasteiger partial charge in [-0.15, -0.1) is 0 Å². The summed E-state index contributed by atoms with van der Waals surface area (Å²) in [6.45, 7) is 4.98. The number of aliphatic hydroxyl groups is 1. The first-order valence-electron chi connectivity index (χ1n) is 4.09. The van der Waals surface area contributed by atoms with Gasteiger partial charge in [-0.3, -0.25) is 4.79 Å². The quantitative estimate of drug-likeness (QED) is 0.603. The Labute approximate surface area is 82.5 Å². The third-order valence-electron chi connectivity index (χ3n) is 1.81. The number of carbonyl (C=O) groups is 1. The number of hydrogen-bond acceptors (Lipinski definition) is 4. The molecule has 0 aromatic rings. The van der Waals surface area contributed by atoms with Gasteiger partial charge in [0, 0.05) is 11.0 Å². The van der Waals surface area contributed by atoms with Gasteiger partial charge in [-0.05, 0) is 13.8 Å². The zero-order valence-electron chi connectivity index (χ0n) is 8.15. The average Bonchev–Trinajstić information content (AvgIpc) is 1.99. The normalized spacial score (nSPS) is 20.4. The molecule has 3 atom stereocenters. The van der Waals surface area contributed by atoms with E-state index in [1.165, 1.54) is 18.7 Å². The first-order valence-corrected chi connectivity index (χ1v) is 5.14. The summed E-state index contributed by atoms with van der Waals surface area (Å²) in [6.07, 6.45) is -0.449. The molecule has 0 heterocycles. The maximum Gasteiger partial charge on any atom is 0.324 e. The SMILES string of the molecule is CC(O)C(C)SCC(C)(N)C(=O)O. The van der Waals surface area contributed by atoms with Gasteiger partial charge >= 0.3 is 5.97 Å². The lowest BCUT2D eigenvalue weighted by Crippen LogP contribution is -2.47. The molecule has 5 heteroatoms. The van der Waals surface area contributed by atoms with Gasteiger partial charge in [0.2, 0.25) is 0 Å². The molecule has 0 amide bonds. The number of aliphatic hydroxyl groups excluding tert-OH is 1. The molecule has 0 aromatic heterocycles. The van der Waals surface area contributed by atoms with Crippen LogP contribution in [0.2, 0.25) is 0 Å². The minimum Gasteiger partial charge on any atom is -0.480 e. The number of rotatable bonds is 5. The van der Waals surface area contributed by atoms with Crippen LogP contribution in [0.25, 0.3) is 0 Å². The molecule has 0 rings (SSSR count). The van der Waals surface area contributed by atoms with Crippen molar-refractivity contribution >= 4 is 17.7 Å². The van der Waals surface area contributed by atoms with E-state index in [1.54, 1.807) is 6.92 Å². The van der Waals surface area contributed by atoms with Crippen LogP contribution in [0.15, 0.2) is 0 Å². The van der Waals surface area contributed by atoms with Gasteiger partial charge in [-0.2, -0.15) is 11.8 Å². The van der Waals surface area contributed by atoms with E-state index >= 15 is 0 Å². The van der Waals surface area contributed by atoms with Crippen LogP contribution in [0.4, 0.5) is 0 Å². The first-order chi connectivity index (χ1) is 5.77. The summed E-state index contributed by atoms with van der Waals surface area (Å²) in [5.41, 5.74) is 4.29. The van der Waals surface area contributed by atoms with Gasteiger partial charge in [-0.1, -0.05) is 6.92 Å². The van der Waals surface area contributed by atoms with E-state index in [-0.39, 0.29) is 5.25 Å². The van der Waals surface area contributed by atoms with Crippen LogP contribution >= 0.6 is 11.8 Å². The summed E-state index contributed by atoms with van der Waals surface area (Å²) in [4.78, 5) is 10.6. The largest absolute Gasteiger partial charge is 0.480 e. The molecule has 0 saturated heterocycles. The monoisotopic (exact) mass is 207 g/mol. The van der Waals surface area contributed by atoms with Crippen LogP contribution < -0.4 is 5.73 Å². The van der Waals surface area contributed by atoms with Gasteiger partial charge in [0.05, 0.1) is 6.10 Å². The summed E-state index contributed by atoms with van der Waals surface area (Å²) in [5, 5.41) is 17.8. The Hall–Kier alpha value is -0.260. The molecule has 0 saturated carbocycles. The van der Waals surface area contributed by atoms with Gasteiger partial charge in [0.1, 0.15) is 5.54 Å². The topological polar surface area (TPSA) is 83.5 Å². The molecule has 0 radical (unpaired) electrons. The van der Waals surface area contributed by atoms with Crippen LogP contribution in [-0.4, -0.2) is 38.8 Å². The molecule has 0 bridgehead atoms. The fourth-order valence-corrected chi connectivity index (χ4v) is 1.52. The number of carboxylic acids is 1. The van der Waals surface area contributed by atoms with Crippen LogP contribution in [0.1, 0.15) is 20.8 Å². The summed E-state index contributed by atoms with van der Waals surface area (Å²) in [7, 11) is 0. The van der Waals surface area contributed by atoms with E-state index in [9.17, 15) is 4.79 Å². The van der Waals surface area contributed by atoms with Crippen molar-refractivity contribution in [3.8, 4) is 0 Å². The van der Waals surface area contributed by atoms with E-state index in [2.05, 4.69) is 0 Å². The predicted molar refractivity (Wildman–Crippen MR) is 53.8 cm³/mol. The molecular weight excluding hydrogens is 190 g/mol. The molecule has 3 unspecified atom stereocenters. The molecule has 0 aliphatic heterocycles. The second kappa shape index (κ2) is 4.83. The average molecular weight is 207 g/mol. The van der Waals surface area contributed by atoms with Crippen molar-refractivity contribution in [2.45, 2.75) is 37.7 Å². The van der Waals surface area contributed by atoms with E-state index < -0.39 is 17.6 Å². The molecular formula is C8H17NO3S. The number of thioether (sulfide) groups is 1. The highest BCUT2D eigenvalue weighted by Gasteiger charge is 2.28. The Morgan fingerprint density at radius 3 is 2.38 bits per heavy atom. The second-order valence-corrected chi connectivity index (χ2v) is 4.84. The number of hydrogen-bond donors (Lipinski definition) is 3. The summed E-state index contributed by atoms with van der Waals surface area (Å²) in [5.74, 6) is -0.716. The van der Waals surface area contributed by atoms with Gasteiger partial charge in [-0.25, -0.2) is 0 Å². The van der Waals surface area contributed by atoms with Crippen LogP contribution in [-0.2, 0) is 4.79 Å². The smallest absolute Gasteiger partial charge is 0.324 e. The Morgan fingerprint density at radius 2 is 2.08 bits per heavy atom. The molecule has 0 aliphatic carbocycles. The summed E-state index contributed by atoms with van der Waals surface area (Å²) >= 11 is 1.36. The highest BCUT2D eigenvalue weighted by Crippen LogP contribution is 2.18. The van der Waals surface area contributed by atoms with Crippen molar-refractivity contribution in [2.24, 2.45) is 5.73 Å². The molecule has 0 aliphatic rings. The summed E-state index contributed by atoms with van der Waals surface area (Å²) in [6, 6.07) is 0. The van der Waals surface area contributed by atoms with Crippen molar-refractivity contribution in [3.63, 3.8) is 0 Å². The summed E-state index contributed by atoms with van der Waals surface area (Å²) < 4.78 is 0. The highest BCUT2D eigenvalue weighted by atomic mass is 32.2. The van der Waals surface area contributed by atoms with Crippen molar-refractivity contribution in [2.75, 3.05) is 5.75 Å². The van der Waals surface area contributed by atoms with Gasteiger partial charge in [0.25, 0.3) is 0 Å². The van der Waals surface area contributed by atoms with Crippen molar-refractivity contribution < 1.29 is 15.0 Å². The third-order valence-corrected chi connectivity index (χ3v) is 3.50. The predicted octanol–water partition coefficient (Wildman–Crippen LogP) is 0.291. The lowest BCUT2D eigenvalue weighted by Gasteiger charge is -2.22. The first kappa shape index (κ1) is 12.7. The molecule has 4 nitrogen and oxygen atoms in total. The lowest BCUT2D eigenvalue weighted by atomic mass is 10.1. The number of carboxylic acid groups (broad SMARTS) is 1. The Bertz CT molecular complexity index is 182. The Morgan fingerprint density at radius 1 is 1.62 bits per heavy atom. The molecule has 0 spiro atoms. The molecule has 78 valence electrons. The number of nitrogens with two attached hydrogens (primary N) is 1. The van der Waals surface area contributed by atoms with E-state index in [0.717, 1.165) is 0 Å². The van der Waals surface area contributed by atoms with Gasteiger partial charge < -0.3 is 15.9 Å². The maximum absolute atomic E-state index is 10.6. The van der Waals surface area contributed by atoms with Crippen molar-refractivity contribution in [1.29, 1.82) is 0 Å². The standard InChI is InChI=1S/C8H17NO3S/c1-5(10)6(2)13-4-8(3,9)7(11)12/h5-6,10H,4,9H2,1-3H3,(H,11,12). The van der Waals surface area contributed by atoms with E-state index in [1.807, 2.05) is 6.92 Å². The Balaban J connectivity index is 3.95. The zero-order chi connectivity index (χ0) is 10.6. The van der Waals surface area contributed by atoms with Gasteiger partial charge in [0.15, 0.2) is 0 Å². The van der Waals surface area contributed by atoms with Crippen molar-refractivity contribution in [3.05, 3.63) is 0 Å². The van der Waals surface area contributed by atoms with Crippen LogP contribution in [0.5, 0.6) is 0 Å². The highest BCUT2D eigenvalue weighted by molar-refractivity contribution is 8.00. The molecule has 13 heavy (non-hydrogen) atoms. The third kappa shape index (κ3) is 4.50. The minimum atomic E-state index is -1.21. The zero-order valence-corrected chi connectivity index (χ0v) is 8.97. The van der Waals surface area contributed by atoms with Crippen molar-refractivity contribution in [1.82, 2.24) is 0 Å². The molecule has 4 N–H and O–H groups in total. The van der Waals surface area contributed by atoms with Crippen LogP contribution in [0.3, 0.4) is 0 Å². The Kier molecular flexibility index (Phi) is 4.74. The lowest BCUT2D eigenvalue weighted by molar-refractivity contribution is -0.141. The molecule has 0 fully saturated rings. The second-order valence-electron chi connectivity index (χ2n) is 3.48. The van der Waals surface area contributed by atoms with Crippen LogP contribution in [0, 0.1) is 0 Å². The maximum atomic E-state index is 10.6. The molecule has 0 aromatic carbocycles. The fraction of sp³-hybridized carbons (Fsp3) is 0.875.